The van der Waals surface area contributed by atoms with Gasteiger partial charge >= 0.3 is 0 Å². The van der Waals surface area contributed by atoms with Crippen LogP contribution in [0.3, 0.4) is 0 Å². The van der Waals surface area contributed by atoms with Crippen molar-refractivity contribution in [2.75, 3.05) is 0 Å². The number of furan rings is 1. The third kappa shape index (κ3) is 2.09. The first-order chi connectivity index (χ1) is 9.18. The van der Waals surface area contributed by atoms with Gasteiger partial charge in [0.25, 0.3) is 0 Å². The van der Waals surface area contributed by atoms with Crippen LogP contribution in [-0.2, 0) is 0 Å². The summed E-state index contributed by atoms with van der Waals surface area (Å²) in [5.41, 5.74) is 1.82. The van der Waals surface area contributed by atoms with Gasteiger partial charge in [0, 0.05) is 4.47 Å². The van der Waals surface area contributed by atoms with E-state index in [0.29, 0.717) is 5.76 Å². The lowest BCUT2D eigenvalue weighted by atomic mass is 9.98. The summed E-state index contributed by atoms with van der Waals surface area (Å²) in [5, 5.41) is 12.7. The van der Waals surface area contributed by atoms with Gasteiger partial charge in [-0.2, -0.15) is 0 Å². The van der Waals surface area contributed by atoms with Crippen LogP contribution in [0.15, 0.2) is 57.6 Å². The zero-order valence-electron chi connectivity index (χ0n) is 10.4. The van der Waals surface area contributed by atoms with E-state index in [1.165, 1.54) is 0 Å². The maximum absolute atomic E-state index is 10.5. The number of benzene rings is 2. The number of aliphatic hydroxyl groups excluding tert-OH is 1. The Morgan fingerprint density at radius 1 is 1.05 bits per heavy atom. The first kappa shape index (κ1) is 12.5. The fraction of sp³-hybridized carbons (Fsp3) is 0.125. The lowest BCUT2D eigenvalue weighted by Gasteiger charge is -2.13. The van der Waals surface area contributed by atoms with Crippen LogP contribution in [-0.4, -0.2) is 5.11 Å². The lowest BCUT2D eigenvalue weighted by molar-refractivity contribution is 0.190. The van der Waals surface area contributed by atoms with E-state index >= 15 is 0 Å². The van der Waals surface area contributed by atoms with Crippen molar-refractivity contribution in [1.29, 1.82) is 0 Å². The van der Waals surface area contributed by atoms with Crippen molar-refractivity contribution in [1.82, 2.24) is 0 Å². The molecule has 3 heteroatoms. The van der Waals surface area contributed by atoms with Crippen molar-refractivity contribution in [2.45, 2.75) is 13.0 Å². The number of fused-ring (bicyclic) bond motifs is 1. The Labute approximate surface area is 119 Å². The molecule has 0 radical (unpaired) electrons. The molecule has 1 aromatic heterocycles. The van der Waals surface area contributed by atoms with Gasteiger partial charge in [-0.05, 0) is 41.0 Å². The second kappa shape index (κ2) is 4.83. The monoisotopic (exact) mass is 316 g/mol. The molecule has 2 aromatic carbocycles. The highest BCUT2D eigenvalue weighted by molar-refractivity contribution is 9.10. The van der Waals surface area contributed by atoms with Gasteiger partial charge < -0.3 is 9.52 Å². The summed E-state index contributed by atoms with van der Waals surface area (Å²) < 4.78 is 6.42. The Bertz CT molecular complexity index is 730. The second-order valence-corrected chi connectivity index (χ2v) is 5.41. The van der Waals surface area contributed by atoms with Crippen molar-refractivity contribution in [3.8, 4) is 0 Å². The Hall–Kier alpha value is -1.58. The Balaban J connectivity index is 2.21. The number of rotatable bonds is 2. The van der Waals surface area contributed by atoms with E-state index in [1.54, 1.807) is 6.26 Å². The summed E-state index contributed by atoms with van der Waals surface area (Å²) in [6.45, 7) is 1.93. The van der Waals surface area contributed by atoms with Crippen LogP contribution in [0, 0.1) is 6.92 Å². The molecule has 0 aliphatic carbocycles. The van der Waals surface area contributed by atoms with Crippen LogP contribution in [0.1, 0.15) is 23.0 Å². The van der Waals surface area contributed by atoms with Crippen molar-refractivity contribution in [3.05, 3.63) is 70.1 Å². The molecule has 1 atom stereocenters. The van der Waals surface area contributed by atoms with E-state index in [2.05, 4.69) is 15.9 Å². The largest absolute Gasteiger partial charge is 0.466 e. The summed E-state index contributed by atoms with van der Waals surface area (Å²) in [7, 11) is 0. The molecule has 0 bridgehead atoms. The predicted octanol–water partition coefficient (Wildman–Crippen LogP) is 4.59. The number of hydrogen-bond acceptors (Lipinski definition) is 2. The molecule has 1 heterocycles. The van der Waals surface area contributed by atoms with Crippen molar-refractivity contribution in [2.24, 2.45) is 0 Å². The predicted molar refractivity (Wildman–Crippen MR) is 79.2 cm³/mol. The van der Waals surface area contributed by atoms with Crippen LogP contribution in [0.4, 0.5) is 0 Å². The lowest BCUT2D eigenvalue weighted by Crippen LogP contribution is -2.01. The molecule has 3 aromatic rings. The summed E-state index contributed by atoms with van der Waals surface area (Å²) in [5.74, 6) is 0.604. The Morgan fingerprint density at radius 2 is 1.79 bits per heavy atom. The van der Waals surface area contributed by atoms with Crippen molar-refractivity contribution >= 4 is 26.7 Å². The molecule has 96 valence electrons. The van der Waals surface area contributed by atoms with Gasteiger partial charge in [-0.15, -0.1) is 0 Å². The average molecular weight is 317 g/mol. The van der Waals surface area contributed by atoms with E-state index in [0.717, 1.165) is 26.4 Å². The maximum Gasteiger partial charge on any atom is 0.139 e. The highest BCUT2D eigenvalue weighted by Gasteiger charge is 2.18. The minimum absolute atomic E-state index is 0.604. The zero-order valence-corrected chi connectivity index (χ0v) is 12.0. The average Bonchev–Trinajstić information content (AvgIpc) is 2.85. The van der Waals surface area contributed by atoms with Gasteiger partial charge in [0.15, 0.2) is 0 Å². The summed E-state index contributed by atoms with van der Waals surface area (Å²) in [6.07, 6.45) is 0.863. The first-order valence-corrected chi connectivity index (χ1v) is 6.87. The molecule has 0 saturated heterocycles. The first-order valence-electron chi connectivity index (χ1n) is 6.07. The molecule has 0 fully saturated rings. The molecule has 0 amide bonds. The van der Waals surface area contributed by atoms with Crippen LogP contribution in [0.5, 0.6) is 0 Å². The third-order valence-corrected chi connectivity index (χ3v) is 4.04. The summed E-state index contributed by atoms with van der Waals surface area (Å²) >= 11 is 3.54. The second-order valence-electron chi connectivity index (χ2n) is 4.55. The minimum Gasteiger partial charge on any atom is -0.466 e. The topological polar surface area (TPSA) is 33.4 Å². The zero-order chi connectivity index (χ0) is 13.4. The molecule has 0 aliphatic heterocycles. The molecular formula is C16H13BrO2. The van der Waals surface area contributed by atoms with Gasteiger partial charge in [0.05, 0.1) is 6.26 Å². The number of halogens is 1. The molecule has 1 N–H and O–H groups in total. The quantitative estimate of drug-likeness (QED) is 0.750. The maximum atomic E-state index is 10.5. The highest BCUT2D eigenvalue weighted by Crippen LogP contribution is 2.34. The fourth-order valence-electron chi connectivity index (χ4n) is 2.33. The Kier molecular flexibility index (Phi) is 3.17. The van der Waals surface area contributed by atoms with Gasteiger partial charge in [0.1, 0.15) is 11.9 Å². The third-order valence-electron chi connectivity index (χ3n) is 3.35. The SMILES string of the molecule is Cc1ccoc1C(O)c1ccc(Br)c2ccccc12. The molecule has 0 aliphatic rings. The van der Waals surface area contributed by atoms with Gasteiger partial charge in [0.2, 0.25) is 0 Å². The summed E-state index contributed by atoms with van der Waals surface area (Å²) in [4.78, 5) is 0. The molecule has 0 saturated carbocycles. The van der Waals surface area contributed by atoms with Crippen LogP contribution >= 0.6 is 15.9 Å². The summed E-state index contributed by atoms with van der Waals surface area (Å²) in [6, 6.07) is 13.8. The number of aliphatic hydroxyl groups is 1. The van der Waals surface area contributed by atoms with E-state index in [4.69, 9.17) is 4.42 Å². The van der Waals surface area contributed by atoms with E-state index in [9.17, 15) is 5.11 Å². The van der Waals surface area contributed by atoms with Gasteiger partial charge in [-0.25, -0.2) is 0 Å². The van der Waals surface area contributed by atoms with Gasteiger partial charge in [-0.1, -0.05) is 46.3 Å². The Morgan fingerprint density at radius 3 is 2.47 bits per heavy atom. The van der Waals surface area contributed by atoms with Crippen LogP contribution in [0.25, 0.3) is 10.8 Å². The highest BCUT2D eigenvalue weighted by atomic mass is 79.9. The van der Waals surface area contributed by atoms with Crippen LogP contribution < -0.4 is 0 Å². The molecule has 3 rings (SSSR count). The van der Waals surface area contributed by atoms with Gasteiger partial charge in [-0.3, -0.25) is 0 Å². The van der Waals surface area contributed by atoms with E-state index in [1.807, 2.05) is 49.4 Å². The number of hydrogen-bond donors (Lipinski definition) is 1. The number of aryl methyl sites for hydroxylation is 1. The smallest absolute Gasteiger partial charge is 0.139 e. The molecular weight excluding hydrogens is 304 g/mol. The van der Waals surface area contributed by atoms with Crippen LogP contribution in [0.2, 0.25) is 0 Å². The van der Waals surface area contributed by atoms with E-state index in [-0.39, 0.29) is 0 Å². The normalized spacial score (nSPS) is 12.8. The molecule has 2 nitrogen and oxygen atoms in total. The fourth-order valence-corrected chi connectivity index (χ4v) is 2.81. The van der Waals surface area contributed by atoms with Crippen molar-refractivity contribution in [3.63, 3.8) is 0 Å². The van der Waals surface area contributed by atoms with Crippen molar-refractivity contribution < 1.29 is 9.52 Å². The minimum atomic E-state index is -0.743. The molecule has 1 unspecified atom stereocenters. The molecule has 19 heavy (non-hydrogen) atoms. The standard InChI is InChI=1S/C16H13BrO2/c1-10-8-9-19-16(10)15(18)13-6-7-14(17)12-5-3-2-4-11(12)13/h2-9,15,18H,1H3. The van der Waals surface area contributed by atoms with E-state index < -0.39 is 6.10 Å². The molecule has 0 spiro atoms.